The number of carbonyl (C=O) groups is 1. The van der Waals surface area contributed by atoms with Gasteiger partial charge in [0.05, 0.1) is 11.8 Å². The Hall–Kier alpha value is -2.70. The molecule has 0 saturated heterocycles. The maximum atomic E-state index is 12.4. The number of aromatic nitrogens is 5. The van der Waals surface area contributed by atoms with Crippen LogP contribution >= 0.6 is 0 Å². The summed E-state index contributed by atoms with van der Waals surface area (Å²) in [7, 11) is 0. The second-order valence-corrected chi connectivity index (χ2v) is 5.12. The molecular formula is C15H18N6O. The first-order valence-corrected chi connectivity index (χ1v) is 7.21. The van der Waals surface area contributed by atoms with Gasteiger partial charge in [0, 0.05) is 30.5 Å². The number of fused-ring (bicyclic) bond motifs is 1. The van der Waals surface area contributed by atoms with Crippen LogP contribution in [0, 0.1) is 13.8 Å². The third kappa shape index (κ3) is 2.34. The molecule has 1 N–H and O–H groups in total. The average molecular weight is 298 g/mol. The maximum Gasteiger partial charge on any atom is 0.255 e. The van der Waals surface area contributed by atoms with E-state index in [4.69, 9.17) is 0 Å². The lowest BCUT2D eigenvalue weighted by Gasteiger charge is -2.06. The van der Waals surface area contributed by atoms with Crippen molar-refractivity contribution in [3.63, 3.8) is 0 Å². The summed E-state index contributed by atoms with van der Waals surface area (Å²) >= 11 is 0. The van der Waals surface area contributed by atoms with Crippen molar-refractivity contribution in [2.45, 2.75) is 33.9 Å². The van der Waals surface area contributed by atoms with Gasteiger partial charge >= 0.3 is 0 Å². The van der Waals surface area contributed by atoms with E-state index in [2.05, 4.69) is 20.6 Å². The molecule has 3 rings (SSSR count). The Balaban J connectivity index is 1.80. The van der Waals surface area contributed by atoms with Crippen molar-refractivity contribution < 1.29 is 4.79 Å². The van der Waals surface area contributed by atoms with Gasteiger partial charge in [-0.05, 0) is 32.9 Å². The van der Waals surface area contributed by atoms with E-state index in [1.165, 1.54) is 0 Å². The first kappa shape index (κ1) is 14.2. The Morgan fingerprint density at radius 2 is 2.14 bits per heavy atom. The summed E-state index contributed by atoms with van der Waals surface area (Å²) in [6.45, 7) is 7.15. The summed E-state index contributed by atoms with van der Waals surface area (Å²) in [4.78, 5) is 12.4. The fourth-order valence-electron chi connectivity index (χ4n) is 2.46. The van der Waals surface area contributed by atoms with Crippen molar-refractivity contribution in [2.75, 3.05) is 0 Å². The molecule has 3 heterocycles. The molecule has 0 saturated carbocycles. The van der Waals surface area contributed by atoms with Crippen LogP contribution in [0.1, 0.15) is 34.4 Å². The highest BCUT2D eigenvalue weighted by Gasteiger charge is 2.14. The Morgan fingerprint density at radius 1 is 1.32 bits per heavy atom. The van der Waals surface area contributed by atoms with Crippen molar-refractivity contribution in [1.29, 1.82) is 0 Å². The maximum absolute atomic E-state index is 12.4. The van der Waals surface area contributed by atoms with Crippen LogP contribution < -0.4 is 5.32 Å². The van der Waals surface area contributed by atoms with Crippen molar-refractivity contribution in [1.82, 2.24) is 29.7 Å². The van der Waals surface area contributed by atoms with Gasteiger partial charge in [-0.15, -0.1) is 10.2 Å². The summed E-state index contributed by atoms with van der Waals surface area (Å²) in [5.41, 5.74) is 3.17. The molecule has 1 amide bonds. The van der Waals surface area contributed by atoms with Crippen LogP contribution in [0.4, 0.5) is 0 Å². The van der Waals surface area contributed by atoms with Crippen molar-refractivity contribution >= 4 is 11.6 Å². The predicted octanol–water partition coefficient (Wildman–Crippen LogP) is 1.49. The van der Waals surface area contributed by atoms with Crippen molar-refractivity contribution in [3.05, 3.63) is 47.2 Å². The molecule has 0 aliphatic rings. The Labute approximate surface area is 128 Å². The van der Waals surface area contributed by atoms with Gasteiger partial charge in [-0.3, -0.25) is 13.9 Å². The molecule has 0 aliphatic heterocycles. The van der Waals surface area contributed by atoms with Crippen LogP contribution in [0.25, 0.3) is 5.65 Å². The monoisotopic (exact) mass is 298 g/mol. The van der Waals surface area contributed by atoms with Gasteiger partial charge in [0.2, 0.25) is 0 Å². The van der Waals surface area contributed by atoms with Gasteiger partial charge in [-0.25, -0.2) is 0 Å². The predicted molar refractivity (Wildman–Crippen MR) is 81.5 cm³/mol. The zero-order valence-electron chi connectivity index (χ0n) is 12.9. The highest BCUT2D eigenvalue weighted by atomic mass is 16.1. The third-order valence-corrected chi connectivity index (χ3v) is 3.79. The molecule has 0 bridgehead atoms. The van der Waals surface area contributed by atoms with Gasteiger partial charge < -0.3 is 5.32 Å². The Morgan fingerprint density at radius 3 is 2.86 bits per heavy atom. The van der Waals surface area contributed by atoms with Crippen LogP contribution in [0.15, 0.2) is 24.5 Å². The van der Waals surface area contributed by atoms with E-state index in [1.54, 1.807) is 16.7 Å². The minimum absolute atomic E-state index is 0.165. The SMILES string of the molecule is CCn1ncc(CNC(=O)c2cccn3c(C)nnc23)c1C. The topological polar surface area (TPSA) is 77.1 Å². The van der Waals surface area contributed by atoms with E-state index in [-0.39, 0.29) is 5.91 Å². The number of amides is 1. The fraction of sp³-hybridized carbons (Fsp3) is 0.333. The molecule has 22 heavy (non-hydrogen) atoms. The van der Waals surface area contributed by atoms with Gasteiger partial charge in [0.1, 0.15) is 5.82 Å². The summed E-state index contributed by atoms with van der Waals surface area (Å²) in [6.07, 6.45) is 3.64. The molecule has 0 radical (unpaired) electrons. The normalized spacial score (nSPS) is 11.0. The second kappa shape index (κ2) is 5.59. The number of hydrogen-bond acceptors (Lipinski definition) is 4. The molecular weight excluding hydrogens is 280 g/mol. The van der Waals surface area contributed by atoms with Gasteiger partial charge in [-0.2, -0.15) is 5.10 Å². The number of hydrogen-bond donors (Lipinski definition) is 1. The standard InChI is InChI=1S/C15H18N6O/c1-4-21-10(2)12(9-17-21)8-16-15(22)13-6-5-7-20-11(3)18-19-14(13)20/h5-7,9H,4,8H2,1-3H3,(H,16,22). The van der Waals surface area contributed by atoms with Crippen LogP contribution in [-0.2, 0) is 13.1 Å². The summed E-state index contributed by atoms with van der Waals surface area (Å²) in [5.74, 6) is 0.589. The van der Waals surface area contributed by atoms with Crippen molar-refractivity contribution in [2.24, 2.45) is 0 Å². The molecule has 3 aromatic rings. The van der Waals surface area contributed by atoms with Gasteiger partial charge in [-0.1, -0.05) is 0 Å². The molecule has 0 fully saturated rings. The molecule has 0 unspecified atom stereocenters. The molecule has 0 aromatic carbocycles. The largest absolute Gasteiger partial charge is 0.348 e. The Bertz CT molecular complexity index is 832. The first-order chi connectivity index (χ1) is 10.6. The first-order valence-electron chi connectivity index (χ1n) is 7.21. The molecule has 7 nitrogen and oxygen atoms in total. The smallest absolute Gasteiger partial charge is 0.255 e. The molecule has 0 aliphatic carbocycles. The number of nitrogens with zero attached hydrogens (tertiary/aromatic N) is 5. The van der Waals surface area contributed by atoms with Crippen LogP contribution in [0.3, 0.4) is 0 Å². The number of nitrogens with one attached hydrogen (secondary N) is 1. The zero-order chi connectivity index (χ0) is 15.7. The van der Waals surface area contributed by atoms with Crippen LogP contribution in [0.5, 0.6) is 0 Å². The molecule has 114 valence electrons. The van der Waals surface area contributed by atoms with Gasteiger partial charge in [0.15, 0.2) is 5.65 Å². The number of pyridine rings is 1. The summed E-state index contributed by atoms with van der Waals surface area (Å²) < 4.78 is 3.71. The molecule has 3 aromatic heterocycles. The van der Waals surface area contributed by atoms with E-state index in [1.807, 2.05) is 37.7 Å². The lowest BCUT2D eigenvalue weighted by Crippen LogP contribution is -2.23. The highest BCUT2D eigenvalue weighted by Crippen LogP contribution is 2.11. The third-order valence-electron chi connectivity index (χ3n) is 3.79. The van der Waals surface area contributed by atoms with Crippen LogP contribution in [0.2, 0.25) is 0 Å². The quantitative estimate of drug-likeness (QED) is 0.791. The van der Waals surface area contributed by atoms with E-state index < -0.39 is 0 Å². The minimum atomic E-state index is -0.165. The number of carbonyl (C=O) groups excluding carboxylic acids is 1. The average Bonchev–Trinajstić information content (AvgIpc) is 3.08. The van der Waals surface area contributed by atoms with E-state index in [0.717, 1.165) is 23.6 Å². The number of rotatable bonds is 4. The zero-order valence-corrected chi connectivity index (χ0v) is 12.9. The van der Waals surface area contributed by atoms with Crippen molar-refractivity contribution in [3.8, 4) is 0 Å². The van der Waals surface area contributed by atoms with E-state index in [9.17, 15) is 4.79 Å². The second-order valence-electron chi connectivity index (χ2n) is 5.12. The fourth-order valence-corrected chi connectivity index (χ4v) is 2.46. The number of aryl methyl sites for hydroxylation is 2. The minimum Gasteiger partial charge on any atom is -0.348 e. The highest BCUT2D eigenvalue weighted by molar-refractivity contribution is 5.99. The molecule has 7 heteroatoms. The summed E-state index contributed by atoms with van der Waals surface area (Å²) in [5, 5.41) is 15.3. The van der Waals surface area contributed by atoms with Crippen LogP contribution in [-0.4, -0.2) is 30.3 Å². The Kier molecular flexibility index (Phi) is 3.62. The van der Waals surface area contributed by atoms with Gasteiger partial charge in [0.25, 0.3) is 5.91 Å². The molecule has 0 atom stereocenters. The summed E-state index contributed by atoms with van der Waals surface area (Å²) in [6, 6.07) is 3.57. The van der Waals surface area contributed by atoms with E-state index in [0.29, 0.717) is 17.8 Å². The lowest BCUT2D eigenvalue weighted by atomic mass is 10.2. The molecule has 0 spiro atoms. The lowest BCUT2D eigenvalue weighted by molar-refractivity contribution is 0.0952. The van der Waals surface area contributed by atoms with E-state index >= 15 is 0 Å².